The summed E-state index contributed by atoms with van der Waals surface area (Å²) in [7, 11) is 3.11. The van der Waals surface area contributed by atoms with Crippen LogP contribution in [-0.4, -0.2) is 25.9 Å². The van der Waals surface area contributed by atoms with Crippen molar-refractivity contribution in [3.8, 4) is 17.2 Å². The van der Waals surface area contributed by atoms with Gasteiger partial charge in [0.25, 0.3) is 0 Å². The topological polar surface area (TPSA) is 50.7 Å². The molecule has 2 aliphatic rings. The summed E-state index contributed by atoms with van der Waals surface area (Å²) in [4.78, 5) is 0. The van der Waals surface area contributed by atoms with E-state index in [1.807, 2.05) is 12.1 Å². The molecule has 0 spiro atoms. The first-order chi connectivity index (χ1) is 9.68. The largest absolute Gasteiger partial charge is 0.502 e. The number of phenolic OH excluding ortho intramolecular Hbond substituents is 1. The minimum atomic E-state index is 0.0652. The van der Waals surface area contributed by atoms with Crippen LogP contribution in [-0.2, 0) is 6.54 Å². The van der Waals surface area contributed by atoms with Crippen LogP contribution in [0.25, 0.3) is 0 Å². The number of phenols is 1. The third-order valence-corrected chi connectivity index (χ3v) is 4.68. The molecule has 0 unspecified atom stereocenters. The fourth-order valence-electron chi connectivity index (χ4n) is 3.09. The predicted octanol–water partition coefficient (Wildman–Crippen LogP) is 2.69. The van der Waals surface area contributed by atoms with Crippen LogP contribution in [0.3, 0.4) is 0 Å². The summed E-state index contributed by atoms with van der Waals surface area (Å²) in [5.74, 6) is 1.96. The molecule has 0 saturated heterocycles. The molecule has 20 heavy (non-hydrogen) atoms. The Labute approximate surface area is 120 Å². The molecule has 4 heteroatoms. The van der Waals surface area contributed by atoms with Gasteiger partial charge in [-0.15, -0.1) is 0 Å². The Bertz CT molecular complexity index is 467. The number of ether oxygens (including phenoxy) is 2. The molecule has 0 radical (unpaired) electrons. The number of benzene rings is 1. The van der Waals surface area contributed by atoms with E-state index < -0.39 is 0 Å². The van der Waals surface area contributed by atoms with Crippen LogP contribution in [0, 0.1) is 11.3 Å². The lowest BCUT2D eigenvalue weighted by Crippen LogP contribution is -2.25. The van der Waals surface area contributed by atoms with Crippen LogP contribution < -0.4 is 14.8 Å². The van der Waals surface area contributed by atoms with Gasteiger partial charge in [-0.25, -0.2) is 0 Å². The number of rotatable bonds is 7. The molecule has 1 aromatic carbocycles. The van der Waals surface area contributed by atoms with Crippen molar-refractivity contribution in [2.24, 2.45) is 11.3 Å². The van der Waals surface area contributed by atoms with Crippen molar-refractivity contribution >= 4 is 0 Å². The number of nitrogens with one attached hydrogen (secondary N) is 1. The number of aromatic hydroxyl groups is 1. The Morgan fingerprint density at radius 1 is 1.20 bits per heavy atom. The van der Waals surface area contributed by atoms with Gasteiger partial charge in [0.1, 0.15) is 0 Å². The minimum absolute atomic E-state index is 0.0652. The molecule has 2 N–H and O–H groups in total. The van der Waals surface area contributed by atoms with Crippen molar-refractivity contribution < 1.29 is 14.6 Å². The summed E-state index contributed by atoms with van der Waals surface area (Å²) in [6, 6.07) is 3.73. The van der Waals surface area contributed by atoms with Gasteiger partial charge in [-0.05, 0) is 54.7 Å². The van der Waals surface area contributed by atoms with E-state index in [-0.39, 0.29) is 5.75 Å². The molecule has 1 aromatic rings. The molecule has 3 rings (SSSR count). The molecule has 0 amide bonds. The van der Waals surface area contributed by atoms with Crippen molar-refractivity contribution in [3.63, 3.8) is 0 Å². The molecule has 2 saturated carbocycles. The van der Waals surface area contributed by atoms with Crippen molar-refractivity contribution in [1.82, 2.24) is 5.32 Å². The van der Waals surface area contributed by atoms with Gasteiger partial charge in [-0.3, -0.25) is 0 Å². The zero-order chi connectivity index (χ0) is 14.2. The second kappa shape index (κ2) is 5.17. The summed E-state index contributed by atoms with van der Waals surface area (Å²) in [6.07, 6.45) is 5.60. The molecule has 0 aliphatic heterocycles. The molecular formula is C16H23NO3. The van der Waals surface area contributed by atoms with Gasteiger partial charge in [0, 0.05) is 13.1 Å². The first kappa shape index (κ1) is 13.6. The predicted molar refractivity (Wildman–Crippen MR) is 77.3 cm³/mol. The summed E-state index contributed by atoms with van der Waals surface area (Å²) >= 11 is 0. The highest BCUT2D eigenvalue weighted by atomic mass is 16.5. The Hall–Kier alpha value is -1.42. The van der Waals surface area contributed by atoms with Crippen LogP contribution in [0.15, 0.2) is 12.1 Å². The van der Waals surface area contributed by atoms with Crippen molar-refractivity contribution in [2.45, 2.75) is 32.2 Å². The average Bonchev–Trinajstić information content (AvgIpc) is 3.32. The highest BCUT2D eigenvalue weighted by Gasteiger charge is 2.53. The van der Waals surface area contributed by atoms with Crippen molar-refractivity contribution in [3.05, 3.63) is 17.7 Å². The summed E-state index contributed by atoms with van der Waals surface area (Å²) in [5, 5.41) is 13.4. The van der Waals surface area contributed by atoms with E-state index in [9.17, 15) is 5.11 Å². The molecule has 2 aliphatic carbocycles. The molecule has 110 valence electrons. The number of hydrogen-bond acceptors (Lipinski definition) is 4. The molecule has 0 heterocycles. The summed E-state index contributed by atoms with van der Waals surface area (Å²) in [6.45, 7) is 1.88. The Morgan fingerprint density at radius 2 is 1.80 bits per heavy atom. The molecular weight excluding hydrogens is 254 g/mol. The quantitative estimate of drug-likeness (QED) is 0.804. The van der Waals surface area contributed by atoms with E-state index in [0.717, 1.165) is 24.6 Å². The van der Waals surface area contributed by atoms with Crippen LogP contribution in [0.2, 0.25) is 0 Å². The standard InChI is InChI=1S/C16H23NO3/c1-19-13-7-11(8-14(20-2)15(13)18)9-17-10-16(5-6-16)12-3-4-12/h7-8,12,17-18H,3-6,9-10H2,1-2H3. The minimum Gasteiger partial charge on any atom is -0.502 e. The lowest BCUT2D eigenvalue weighted by atomic mass is 10.0. The Balaban J connectivity index is 1.62. The lowest BCUT2D eigenvalue weighted by Gasteiger charge is -2.16. The smallest absolute Gasteiger partial charge is 0.200 e. The van der Waals surface area contributed by atoms with Gasteiger partial charge in [0.05, 0.1) is 14.2 Å². The van der Waals surface area contributed by atoms with Gasteiger partial charge < -0.3 is 19.9 Å². The van der Waals surface area contributed by atoms with Crippen molar-refractivity contribution in [2.75, 3.05) is 20.8 Å². The molecule has 4 nitrogen and oxygen atoms in total. The first-order valence-electron chi connectivity index (χ1n) is 7.33. The third kappa shape index (κ3) is 2.57. The maximum Gasteiger partial charge on any atom is 0.200 e. The molecule has 0 bridgehead atoms. The molecule has 0 aromatic heterocycles. The maximum absolute atomic E-state index is 9.89. The Kier molecular flexibility index (Phi) is 3.50. The number of methoxy groups -OCH3 is 2. The van der Waals surface area contributed by atoms with E-state index in [2.05, 4.69) is 5.32 Å². The second-order valence-corrected chi connectivity index (χ2v) is 6.09. The normalized spacial score (nSPS) is 19.7. The second-order valence-electron chi connectivity index (χ2n) is 6.09. The fraction of sp³-hybridized carbons (Fsp3) is 0.625. The third-order valence-electron chi connectivity index (χ3n) is 4.68. The van der Waals surface area contributed by atoms with Gasteiger partial charge >= 0.3 is 0 Å². The SMILES string of the molecule is COc1cc(CNCC2(C3CC3)CC2)cc(OC)c1O. The highest BCUT2D eigenvalue weighted by molar-refractivity contribution is 5.52. The van der Waals surface area contributed by atoms with Gasteiger partial charge in [0.15, 0.2) is 11.5 Å². The summed E-state index contributed by atoms with van der Waals surface area (Å²) < 4.78 is 10.4. The van der Waals surface area contributed by atoms with E-state index in [4.69, 9.17) is 9.47 Å². The van der Waals surface area contributed by atoms with Crippen LogP contribution in [0.1, 0.15) is 31.2 Å². The fourth-order valence-corrected chi connectivity index (χ4v) is 3.09. The van der Waals surface area contributed by atoms with Crippen LogP contribution >= 0.6 is 0 Å². The van der Waals surface area contributed by atoms with E-state index >= 15 is 0 Å². The maximum atomic E-state index is 9.89. The first-order valence-corrected chi connectivity index (χ1v) is 7.33. The monoisotopic (exact) mass is 277 g/mol. The zero-order valence-electron chi connectivity index (χ0n) is 12.2. The van der Waals surface area contributed by atoms with E-state index in [0.29, 0.717) is 16.9 Å². The van der Waals surface area contributed by atoms with Crippen LogP contribution in [0.4, 0.5) is 0 Å². The van der Waals surface area contributed by atoms with Crippen LogP contribution in [0.5, 0.6) is 17.2 Å². The van der Waals surface area contributed by atoms with Gasteiger partial charge in [0.2, 0.25) is 5.75 Å². The molecule has 2 fully saturated rings. The zero-order valence-corrected chi connectivity index (χ0v) is 12.2. The Morgan fingerprint density at radius 3 is 2.25 bits per heavy atom. The summed E-state index contributed by atoms with van der Waals surface area (Å²) in [5.41, 5.74) is 1.67. The van der Waals surface area contributed by atoms with Gasteiger partial charge in [-0.1, -0.05) is 0 Å². The van der Waals surface area contributed by atoms with E-state index in [1.165, 1.54) is 25.7 Å². The highest BCUT2D eigenvalue weighted by Crippen LogP contribution is 2.60. The van der Waals surface area contributed by atoms with Crippen molar-refractivity contribution in [1.29, 1.82) is 0 Å². The number of hydrogen-bond donors (Lipinski definition) is 2. The lowest BCUT2D eigenvalue weighted by molar-refractivity contribution is 0.338. The molecule has 0 atom stereocenters. The van der Waals surface area contributed by atoms with Gasteiger partial charge in [-0.2, -0.15) is 0 Å². The average molecular weight is 277 g/mol. The van der Waals surface area contributed by atoms with E-state index in [1.54, 1.807) is 14.2 Å².